The first-order valence-corrected chi connectivity index (χ1v) is 5.15. The Morgan fingerprint density at radius 1 is 1.28 bits per heavy atom. The fourth-order valence-electron chi connectivity index (χ4n) is 1.63. The third kappa shape index (κ3) is 2.72. The lowest BCUT2D eigenvalue weighted by atomic mass is 10.0. The number of rotatable bonds is 2. The van der Waals surface area contributed by atoms with Crippen LogP contribution in [-0.2, 0) is 6.54 Å². The summed E-state index contributed by atoms with van der Waals surface area (Å²) >= 11 is 0. The third-order valence-corrected chi connectivity index (χ3v) is 2.37. The van der Waals surface area contributed by atoms with Crippen LogP contribution in [0.3, 0.4) is 0 Å². The predicted octanol–water partition coefficient (Wildman–Crippen LogP) is 3.09. The first-order valence-electron chi connectivity index (χ1n) is 5.15. The van der Waals surface area contributed by atoms with Crippen LogP contribution in [0, 0.1) is 12.3 Å². The van der Waals surface area contributed by atoms with Gasteiger partial charge >= 0.3 is 6.18 Å². The second kappa shape index (κ2) is 4.57. The molecule has 92 valence electrons. The second-order valence-corrected chi connectivity index (χ2v) is 3.73. The van der Waals surface area contributed by atoms with E-state index in [1.807, 2.05) is 0 Å². The quantitative estimate of drug-likeness (QED) is 0.749. The number of alkyl halides is 3. The van der Waals surface area contributed by atoms with Crippen LogP contribution < -0.4 is 0 Å². The van der Waals surface area contributed by atoms with Crippen molar-refractivity contribution in [3.63, 3.8) is 0 Å². The molecule has 0 bridgehead atoms. The SMILES string of the molecule is C#Cc1ccccc1-c1cnn(CC(F)(F)F)c1. The van der Waals surface area contributed by atoms with E-state index in [0.717, 1.165) is 4.68 Å². The van der Waals surface area contributed by atoms with Gasteiger partial charge in [-0.05, 0) is 6.07 Å². The zero-order valence-electron chi connectivity index (χ0n) is 9.28. The Kier molecular flexibility index (Phi) is 3.11. The highest BCUT2D eigenvalue weighted by Gasteiger charge is 2.28. The number of nitrogens with zero attached hydrogens (tertiary/aromatic N) is 2. The van der Waals surface area contributed by atoms with Gasteiger partial charge in [-0.1, -0.05) is 24.1 Å². The van der Waals surface area contributed by atoms with Crippen LogP contribution in [-0.4, -0.2) is 16.0 Å². The molecule has 0 aliphatic carbocycles. The topological polar surface area (TPSA) is 17.8 Å². The minimum absolute atomic E-state index is 0.577. The standard InChI is InChI=1S/C13H9F3N2/c1-2-10-5-3-4-6-12(10)11-7-17-18(8-11)9-13(14,15)16/h1,3-8H,9H2. The predicted molar refractivity (Wildman–Crippen MR) is 61.7 cm³/mol. The smallest absolute Gasteiger partial charge is 0.263 e. The van der Waals surface area contributed by atoms with Gasteiger partial charge in [0.15, 0.2) is 0 Å². The molecule has 0 N–H and O–H groups in total. The monoisotopic (exact) mass is 250 g/mol. The number of aromatic nitrogens is 2. The van der Waals surface area contributed by atoms with Crippen LogP contribution in [0.2, 0.25) is 0 Å². The molecule has 2 nitrogen and oxygen atoms in total. The minimum atomic E-state index is -4.28. The van der Waals surface area contributed by atoms with E-state index in [4.69, 9.17) is 6.42 Å². The average Bonchev–Trinajstić information content (AvgIpc) is 2.75. The summed E-state index contributed by atoms with van der Waals surface area (Å²) in [6.45, 7) is -1.11. The lowest BCUT2D eigenvalue weighted by Crippen LogP contribution is -2.17. The zero-order chi connectivity index (χ0) is 13.2. The molecular formula is C13H9F3N2. The maximum absolute atomic E-state index is 12.2. The van der Waals surface area contributed by atoms with Gasteiger partial charge in [-0.15, -0.1) is 6.42 Å². The molecule has 1 heterocycles. The zero-order valence-corrected chi connectivity index (χ0v) is 9.28. The maximum Gasteiger partial charge on any atom is 0.408 e. The van der Waals surface area contributed by atoms with Crippen LogP contribution in [0.5, 0.6) is 0 Å². The van der Waals surface area contributed by atoms with E-state index >= 15 is 0 Å². The van der Waals surface area contributed by atoms with Crippen molar-refractivity contribution in [1.82, 2.24) is 9.78 Å². The van der Waals surface area contributed by atoms with Crippen molar-refractivity contribution in [2.24, 2.45) is 0 Å². The Morgan fingerprint density at radius 3 is 2.67 bits per heavy atom. The van der Waals surface area contributed by atoms with Crippen molar-refractivity contribution >= 4 is 0 Å². The van der Waals surface area contributed by atoms with Crippen LogP contribution in [0.25, 0.3) is 11.1 Å². The van der Waals surface area contributed by atoms with Gasteiger partial charge in [0.25, 0.3) is 0 Å². The molecule has 0 saturated heterocycles. The van der Waals surface area contributed by atoms with Crippen molar-refractivity contribution < 1.29 is 13.2 Å². The largest absolute Gasteiger partial charge is 0.408 e. The van der Waals surface area contributed by atoms with Crippen molar-refractivity contribution in [2.45, 2.75) is 12.7 Å². The normalized spacial score (nSPS) is 11.2. The van der Waals surface area contributed by atoms with Gasteiger partial charge < -0.3 is 0 Å². The van der Waals surface area contributed by atoms with Crippen molar-refractivity contribution in [3.8, 4) is 23.5 Å². The number of halogens is 3. The summed E-state index contributed by atoms with van der Waals surface area (Å²) in [5, 5.41) is 3.68. The molecule has 0 aliphatic heterocycles. The molecule has 0 fully saturated rings. The Bertz CT molecular complexity index is 591. The molecule has 1 aromatic heterocycles. The van der Waals surface area contributed by atoms with Gasteiger partial charge in [0.2, 0.25) is 0 Å². The molecule has 0 atom stereocenters. The summed E-state index contributed by atoms with van der Waals surface area (Å²) in [5.41, 5.74) is 1.91. The molecular weight excluding hydrogens is 241 g/mol. The molecule has 1 aromatic carbocycles. The summed E-state index contributed by atoms with van der Waals surface area (Å²) < 4.78 is 37.5. The van der Waals surface area contributed by atoms with E-state index < -0.39 is 12.7 Å². The number of hydrogen-bond donors (Lipinski definition) is 0. The van der Waals surface area contributed by atoms with Crippen molar-refractivity contribution in [1.29, 1.82) is 0 Å². The molecule has 0 spiro atoms. The summed E-state index contributed by atoms with van der Waals surface area (Å²) in [6, 6.07) is 7.04. The van der Waals surface area contributed by atoms with E-state index in [9.17, 15) is 13.2 Å². The Labute approximate surface area is 102 Å². The maximum atomic E-state index is 12.2. The lowest BCUT2D eigenvalue weighted by molar-refractivity contribution is -0.142. The number of benzene rings is 1. The van der Waals surface area contributed by atoms with Crippen LogP contribution in [0.15, 0.2) is 36.7 Å². The third-order valence-electron chi connectivity index (χ3n) is 2.37. The van der Waals surface area contributed by atoms with Gasteiger partial charge in [0, 0.05) is 22.9 Å². The molecule has 18 heavy (non-hydrogen) atoms. The summed E-state index contributed by atoms with van der Waals surface area (Å²) in [7, 11) is 0. The molecule has 0 amide bonds. The highest BCUT2D eigenvalue weighted by molar-refractivity contribution is 5.69. The first kappa shape index (κ1) is 12.2. The van der Waals surface area contributed by atoms with Gasteiger partial charge in [-0.25, -0.2) is 0 Å². The van der Waals surface area contributed by atoms with E-state index in [1.165, 1.54) is 12.4 Å². The Morgan fingerprint density at radius 2 is 2.00 bits per heavy atom. The van der Waals surface area contributed by atoms with Crippen LogP contribution >= 0.6 is 0 Å². The second-order valence-electron chi connectivity index (χ2n) is 3.73. The fourth-order valence-corrected chi connectivity index (χ4v) is 1.63. The van der Waals surface area contributed by atoms with Gasteiger partial charge in [0.1, 0.15) is 6.54 Å². The van der Waals surface area contributed by atoms with Crippen LogP contribution in [0.1, 0.15) is 5.56 Å². The first-order chi connectivity index (χ1) is 8.49. The summed E-state index contributed by atoms with van der Waals surface area (Å²) in [4.78, 5) is 0. The Balaban J connectivity index is 2.33. The van der Waals surface area contributed by atoms with Gasteiger partial charge in [0.05, 0.1) is 6.20 Å². The van der Waals surface area contributed by atoms with Crippen molar-refractivity contribution in [3.05, 3.63) is 42.2 Å². The Hall–Kier alpha value is -2.22. The minimum Gasteiger partial charge on any atom is -0.263 e. The van der Waals surface area contributed by atoms with E-state index in [-0.39, 0.29) is 0 Å². The molecule has 2 aromatic rings. The average molecular weight is 250 g/mol. The number of terminal acetylenes is 1. The summed E-state index contributed by atoms with van der Waals surface area (Å²) in [5.74, 6) is 2.49. The van der Waals surface area contributed by atoms with Gasteiger partial charge in [-0.2, -0.15) is 18.3 Å². The van der Waals surface area contributed by atoms with E-state index in [2.05, 4.69) is 11.0 Å². The molecule has 0 aliphatic rings. The fraction of sp³-hybridized carbons (Fsp3) is 0.154. The highest BCUT2D eigenvalue weighted by Crippen LogP contribution is 2.24. The summed E-state index contributed by atoms with van der Waals surface area (Å²) in [6.07, 6.45) is 3.77. The van der Waals surface area contributed by atoms with E-state index in [0.29, 0.717) is 16.7 Å². The molecule has 0 unspecified atom stereocenters. The van der Waals surface area contributed by atoms with Crippen molar-refractivity contribution in [2.75, 3.05) is 0 Å². The molecule has 0 radical (unpaired) electrons. The number of hydrogen-bond acceptors (Lipinski definition) is 1. The lowest BCUT2D eigenvalue weighted by Gasteiger charge is -2.05. The van der Waals surface area contributed by atoms with E-state index in [1.54, 1.807) is 24.3 Å². The molecule has 0 saturated carbocycles. The van der Waals surface area contributed by atoms with Gasteiger partial charge in [-0.3, -0.25) is 4.68 Å². The highest BCUT2D eigenvalue weighted by atomic mass is 19.4. The molecule has 5 heteroatoms. The van der Waals surface area contributed by atoms with Crippen LogP contribution in [0.4, 0.5) is 13.2 Å². The molecule has 2 rings (SSSR count).